The number of carbonyl (C=O) groups excluding carboxylic acids is 1. The molecule has 0 radical (unpaired) electrons. The molecule has 2 N–H and O–H groups in total. The van der Waals surface area contributed by atoms with Gasteiger partial charge in [-0.05, 0) is 49.8 Å². The predicted octanol–water partition coefficient (Wildman–Crippen LogP) is 3.43. The Kier molecular flexibility index (Phi) is 6.80. The highest BCUT2D eigenvalue weighted by molar-refractivity contribution is 6.35. The van der Waals surface area contributed by atoms with Crippen LogP contribution in [0.15, 0.2) is 18.2 Å². The van der Waals surface area contributed by atoms with E-state index in [1.54, 1.807) is 18.2 Å². The average Bonchev–Trinajstić information content (AvgIpc) is 2.50. The molecular weight excluding hydrogens is 325 g/mol. The summed E-state index contributed by atoms with van der Waals surface area (Å²) in [5.41, 5.74) is 0. The SMILES string of the molecule is O=C(CCOc1ccc(Cl)cc1Cl)NC1CCC(CO)CC1. The van der Waals surface area contributed by atoms with Gasteiger partial charge in [-0.2, -0.15) is 0 Å². The van der Waals surface area contributed by atoms with E-state index in [1.165, 1.54) is 0 Å². The third-order valence-corrected chi connectivity index (χ3v) is 4.48. The highest BCUT2D eigenvalue weighted by Crippen LogP contribution is 2.27. The van der Waals surface area contributed by atoms with Gasteiger partial charge >= 0.3 is 0 Å². The lowest BCUT2D eigenvalue weighted by atomic mass is 9.86. The van der Waals surface area contributed by atoms with E-state index in [0.717, 1.165) is 25.7 Å². The summed E-state index contributed by atoms with van der Waals surface area (Å²) >= 11 is 11.8. The second-order valence-corrected chi connectivity index (χ2v) is 6.48. The van der Waals surface area contributed by atoms with Crippen molar-refractivity contribution in [2.45, 2.75) is 38.1 Å². The fourth-order valence-electron chi connectivity index (χ4n) is 2.64. The molecule has 0 saturated heterocycles. The van der Waals surface area contributed by atoms with Gasteiger partial charge in [-0.3, -0.25) is 4.79 Å². The number of rotatable bonds is 6. The molecule has 0 aromatic heterocycles. The van der Waals surface area contributed by atoms with Crippen LogP contribution in [0.5, 0.6) is 5.75 Å². The molecule has 1 aromatic rings. The molecule has 0 aliphatic heterocycles. The van der Waals surface area contributed by atoms with Gasteiger partial charge in [0.05, 0.1) is 18.1 Å². The van der Waals surface area contributed by atoms with Crippen LogP contribution in [0.25, 0.3) is 0 Å². The maximum Gasteiger partial charge on any atom is 0.223 e. The van der Waals surface area contributed by atoms with Crippen molar-refractivity contribution in [2.75, 3.05) is 13.2 Å². The van der Waals surface area contributed by atoms with Crippen LogP contribution in [0.3, 0.4) is 0 Å². The number of ether oxygens (including phenoxy) is 1. The van der Waals surface area contributed by atoms with Crippen molar-refractivity contribution in [1.82, 2.24) is 5.32 Å². The van der Waals surface area contributed by atoms with Gasteiger partial charge in [0.25, 0.3) is 0 Å². The number of hydrogen-bond donors (Lipinski definition) is 2. The second kappa shape index (κ2) is 8.61. The van der Waals surface area contributed by atoms with Crippen molar-refractivity contribution in [3.05, 3.63) is 28.2 Å². The van der Waals surface area contributed by atoms with Crippen LogP contribution in [-0.2, 0) is 4.79 Å². The molecule has 22 heavy (non-hydrogen) atoms. The van der Waals surface area contributed by atoms with Gasteiger partial charge in [-0.25, -0.2) is 0 Å². The highest BCUT2D eigenvalue weighted by atomic mass is 35.5. The van der Waals surface area contributed by atoms with Crippen molar-refractivity contribution < 1.29 is 14.6 Å². The number of nitrogens with one attached hydrogen (secondary N) is 1. The van der Waals surface area contributed by atoms with Crippen LogP contribution in [-0.4, -0.2) is 30.3 Å². The summed E-state index contributed by atoms with van der Waals surface area (Å²) in [4.78, 5) is 11.9. The summed E-state index contributed by atoms with van der Waals surface area (Å²) in [7, 11) is 0. The van der Waals surface area contributed by atoms with Crippen LogP contribution in [0.4, 0.5) is 0 Å². The molecule has 0 atom stereocenters. The van der Waals surface area contributed by atoms with Crippen LogP contribution >= 0.6 is 23.2 Å². The molecule has 1 fully saturated rings. The summed E-state index contributed by atoms with van der Waals surface area (Å²) in [6.07, 6.45) is 4.09. The maximum absolute atomic E-state index is 11.9. The Balaban J connectivity index is 1.67. The zero-order valence-corrected chi connectivity index (χ0v) is 13.9. The Bertz CT molecular complexity index is 502. The molecule has 0 bridgehead atoms. The minimum atomic E-state index is -0.0162. The number of aliphatic hydroxyl groups excluding tert-OH is 1. The molecular formula is C16H21Cl2NO3. The minimum absolute atomic E-state index is 0.0162. The predicted molar refractivity (Wildman–Crippen MR) is 87.5 cm³/mol. The molecule has 0 spiro atoms. The van der Waals surface area contributed by atoms with E-state index < -0.39 is 0 Å². The number of hydrogen-bond acceptors (Lipinski definition) is 3. The van der Waals surface area contributed by atoms with Crippen LogP contribution in [0.2, 0.25) is 10.0 Å². The summed E-state index contributed by atoms with van der Waals surface area (Å²) in [6, 6.07) is 5.22. The number of benzene rings is 1. The van der Waals surface area contributed by atoms with Gasteiger partial charge in [-0.1, -0.05) is 23.2 Å². The first-order valence-electron chi connectivity index (χ1n) is 7.56. The smallest absolute Gasteiger partial charge is 0.223 e. The fourth-order valence-corrected chi connectivity index (χ4v) is 3.10. The van der Waals surface area contributed by atoms with Gasteiger partial charge in [0.1, 0.15) is 5.75 Å². The fraction of sp³-hybridized carbons (Fsp3) is 0.562. The minimum Gasteiger partial charge on any atom is -0.491 e. The number of carbonyl (C=O) groups is 1. The highest BCUT2D eigenvalue weighted by Gasteiger charge is 2.21. The summed E-state index contributed by atoms with van der Waals surface area (Å²) < 4.78 is 5.50. The number of aliphatic hydroxyl groups is 1. The van der Waals surface area contributed by atoms with Gasteiger partial charge in [0.2, 0.25) is 5.91 Å². The normalized spacial score (nSPS) is 21.4. The molecule has 0 unspecified atom stereocenters. The van der Waals surface area contributed by atoms with Gasteiger partial charge < -0.3 is 15.2 Å². The quantitative estimate of drug-likeness (QED) is 0.830. The van der Waals surface area contributed by atoms with E-state index in [4.69, 9.17) is 33.0 Å². The first-order chi connectivity index (χ1) is 10.6. The van der Waals surface area contributed by atoms with E-state index in [9.17, 15) is 4.79 Å². The van der Waals surface area contributed by atoms with Crippen molar-refractivity contribution in [3.8, 4) is 5.75 Å². The first kappa shape index (κ1) is 17.4. The Labute approximate surface area is 140 Å². The molecule has 122 valence electrons. The Hall–Kier alpha value is -0.970. The monoisotopic (exact) mass is 345 g/mol. The molecule has 1 amide bonds. The first-order valence-corrected chi connectivity index (χ1v) is 8.32. The van der Waals surface area contributed by atoms with Crippen LogP contribution < -0.4 is 10.1 Å². The second-order valence-electron chi connectivity index (χ2n) is 5.64. The third kappa shape index (κ3) is 5.34. The molecule has 1 aliphatic carbocycles. The average molecular weight is 346 g/mol. The van der Waals surface area contributed by atoms with Crippen molar-refractivity contribution in [3.63, 3.8) is 0 Å². The lowest BCUT2D eigenvalue weighted by molar-refractivity contribution is -0.122. The lowest BCUT2D eigenvalue weighted by Gasteiger charge is -2.27. The van der Waals surface area contributed by atoms with Crippen molar-refractivity contribution in [2.24, 2.45) is 5.92 Å². The Morgan fingerprint density at radius 1 is 1.27 bits per heavy atom. The molecule has 0 heterocycles. The van der Waals surface area contributed by atoms with E-state index >= 15 is 0 Å². The van der Waals surface area contributed by atoms with Gasteiger partial charge in [0.15, 0.2) is 0 Å². The van der Waals surface area contributed by atoms with Crippen LogP contribution in [0, 0.1) is 5.92 Å². The molecule has 1 aliphatic rings. The number of halogens is 2. The third-order valence-electron chi connectivity index (χ3n) is 3.95. The summed E-state index contributed by atoms with van der Waals surface area (Å²) in [5.74, 6) is 0.906. The van der Waals surface area contributed by atoms with E-state index in [1.807, 2.05) is 0 Å². The maximum atomic E-state index is 11.9. The van der Waals surface area contributed by atoms with Crippen molar-refractivity contribution in [1.29, 1.82) is 0 Å². The topological polar surface area (TPSA) is 58.6 Å². The van der Waals surface area contributed by atoms with Crippen LogP contribution in [0.1, 0.15) is 32.1 Å². The molecule has 2 rings (SSSR count). The zero-order chi connectivity index (χ0) is 15.9. The lowest BCUT2D eigenvalue weighted by Crippen LogP contribution is -2.38. The molecule has 4 nitrogen and oxygen atoms in total. The van der Waals surface area contributed by atoms with Crippen molar-refractivity contribution >= 4 is 29.1 Å². The standard InChI is InChI=1S/C16H21Cl2NO3/c17-12-3-6-15(14(18)9-12)22-8-7-16(21)19-13-4-1-11(10-20)2-5-13/h3,6,9,11,13,20H,1-2,4-5,7-8,10H2,(H,19,21). The largest absolute Gasteiger partial charge is 0.491 e. The van der Waals surface area contributed by atoms with E-state index in [2.05, 4.69) is 5.32 Å². The van der Waals surface area contributed by atoms with Gasteiger partial charge in [-0.15, -0.1) is 0 Å². The summed E-state index contributed by atoms with van der Waals surface area (Å²) in [6.45, 7) is 0.523. The van der Waals surface area contributed by atoms with E-state index in [-0.39, 0.29) is 25.2 Å². The van der Waals surface area contributed by atoms with E-state index in [0.29, 0.717) is 28.1 Å². The molecule has 1 saturated carbocycles. The molecule has 6 heteroatoms. The Morgan fingerprint density at radius 3 is 2.64 bits per heavy atom. The zero-order valence-electron chi connectivity index (χ0n) is 12.4. The number of amides is 1. The summed E-state index contributed by atoms with van der Waals surface area (Å²) in [5, 5.41) is 13.1. The van der Waals surface area contributed by atoms with Gasteiger partial charge in [0, 0.05) is 17.7 Å². The Morgan fingerprint density at radius 2 is 2.00 bits per heavy atom. The molecule has 1 aromatic carbocycles.